The third kappa shape index (κ3) is 5.17. The molecule has 0 aliphatic carbocycles. The van der Waals surface area contributed by atoms with Crippen molar-refractivity contribution in [1.29, 1.82) is 0 Å². The normalized spacial score (nSPS) is 16.0. The van der Waals surface area contributed by atoms with E-state index in [-0.39, 0.29) is 24.7 Å². The van der Waals surface area contributed by atoms with Crippen LogP contribution >= 0.6 is 23.2 Å². The summed E-state index contributed by atoms with van der Waals surface area (Å²) in [5.74, 6) is 0.645. The van der Waals surface area contributed by atoms with Gasteiger partial charge >= 0.3 is 0 Å². The monoisotopic (exact) mass is 216 g/mol. The fraction of sp³-hybridized carbons (Fsp3) is 1.00. The fourth-order valence-electron chi connectivity index (χ4n) is 0.565. The second-order valence-corrected chi connectivity index (χ2v) is 2.92. The first-order valence-corrected chi connectivity index (χ1v) is 4.72. The highest BCUT2D eigenvalue weighted by Gasteiger charge is 2.10. The Bertz CT molecular complexity index is 82.7. The van der Waals surface area contributed by atoms with Crippen LogP contribution in [0.2, 0.25) is 0 Å². The van der Waals surface area contributed by atoms with E-state index in [9.17, 15) is 0 Å². The first kappa shape index (κ1) is 12.5. The number of rotatable bonds is 7. The van der Waals surface area contributed by atoms with E-state index in [0.717, 1.165) is 0 Å². The molecule has 5 heteroatoms. The zero-order valence-corrected chi connectivity index (χ0v) is 8.51. The van der Waals surface area contributed by atoms with E-state index in [4.69, 9.17) is 37.8 Å². The Morgan fingerprint density at radius 3 is 2.17 bits per heavy atom. The molecule has 0 saturated heterocycles. The molecule has 0 heterocycles. The molecule has 2 atom stereocenters. The van der Waals surface area contributed by atoms with Crippen LogP contribution in [0, 0.1) is 0 Å². The maximum absolute atomic E-state index is 8.70. The summed E-state index contributed by atoms with van der Waals surface area (Å²) >= 11 is 11.0. The van der Waals surface area contributed by atoms with Crippen LogP contribution in [-0.4, -0.2) is 49.4 Å². The van der Waals surface area contributed by atoms with Gasteiger partial charge in [-0.25, -0.2) is 0 Å². The topological polar surface area (TPSA) is 38.7 Å². The lowest BCUT2D eigenvalue weighted by Crippen LogP contribution is -2.27. The van der Waals surface area contributed by atoms with Gasteiger partial charge in [0.25, 0.3) is 0 Å². The van der Waals surface area contributed by atoms with Crippen molar-refractivity contribution in [2.75, 3.05) is 32.1 Å². The number of aliphatic hydroxyl groups excluding tert-OH is 1. The first-order chi connectivity index (χ1) is 5.78. The van der Waals surface area contributed by atoms with Crippen LogP contribution in [0.3, 0.4) is 0 Å². The second-order valence-electron chi connectivity index (χ2n) is 2.30. The van der Waals surface area contributed by atoms with Crippen molar-refractivity contribution in [3.8, 4) is 0 Å². The summed E-state index contributed by atoms with van der Waals surface area (Å²) in [4.78, 5) is 0. The minimum atomic E-state index is -0.326. The number of hydrogen-bond donors (Lipinski definition) is 1. The Morgan fingerprint density at radius 2 is 1.83 bits per heavy atom. The lowest BCUT2D eigenvalue weighted by Gasteiger charge is -2.16. The number of alkyl halides is 2. The third-order valence-electron chi connectivity index (χ3n) is 1.40. The summed E-state index contributed by atoms with van der Waals surface area (Å²) in [5, 5.41) is 8.70. The standard InChI is InChI=1S/C7H14Cl2O3/c1-11-7(3-9)5-12-6(2-8)4-10/h6-7,10H,2-5H2,1H3. The molecule has 0 amide bonds. The van der Waals surface area contributed by atoms with E-state index >= 15 is 0 Å². The van der Waals surface area contributed by atoms with Gasteiger partial charge < -0.3 is 14.6 Å². The second kappa shape index (κ2) is 8.08. The van der Waals surface area contributed by atoms with Crippen LogP contribution in [0.25, 0.3) is 0 Å². The molecule has 1 N–H and O–H groups in total. The van der Waals surface area contributed by atoms with Gasteiger partial charge in [-0.05, 0) is 0 Å². The number of halogens is 2. The van der Waals surface area contributed by atoms with Crippen LogP contribution in [-0.2, 0) is 9.47 Å². The molecule has 0 spiro atoms. The lowest BCUT2D eigenvalue weighted by atomic mass is 10.4. The molecule has 0 rings (SSSR count). The van der Waals surface area contributed by atoms with Crippen LogP contribution in [0.4, 0.5) is 0 Å². The zero-order valence-electron chi connectivity index (χ0n) is 7.00. The van der Waals surface area contributed by atoms with Gasteiger partial charge in [0.1, 0.15) is 0 Å². The lowest BCUT2D eigenvalue weighted by molar-refractivity contribution is -0.0288. The summed E-state index contributed by atoms with van der Waals surface area (Å²) in [6.07, 6.45) is -0.462. The fourth-order valence-corrected chi connectivity index (χ4v) is 0.967. The smallest absolute Gasteiger partial charge is 0.0941 e. The van der Waals surface area contributed by atoms with Gasteiger partial charge in [-0.3, -0.25) is 0 Å². The van der Waals surface area contributed by atoms with Crippen LogP contribution in [0.1, 0.15) is 0 Å². The van der Waals surface area contributed by atoms with E-state index in [1.165, 1.54) is 0 Å². The summed E-state index contributed by atoms with van der Waals surface area (Å²) < 4.78 is 10.2. The number of ether oxygens (including phenoxy) is 2. The van der Waals surface area contributed by atoms with Crippen molar-refractivity contribution in [2.45, 2.75) is 12.2 Å². The van der Waals surface area contributed by atoms with Crippen molar-refractivity contribution >= 4 is 23.2 Å². The average Bonchev–Trinajstić information content (AvgIpc) is 2.13. The van der Waals surface area contributed by atoms with Crippen LogP contribution in [0.5, 0.6) is 0 Å². The molecule has 0 fully saturated rings. The Morgan fingerprint density at radius 1 is 1.25 bits per heavy atom. The highest BCUT2D eigenvalue weighted by molar-refractivity contribution is 6.18. The molecule has 3 nitrogen and oxygen atoms in total. The summed E-state index contributed by atoms with van der Waals surface area (Å²) in [5.41, 5.74) is 0. The van der Waals surface area contributed by atoms with Gasteiger partial charge in [0.15, 0.2) is 0 Å². The van der Waals surface area contributed by atoms with Gasteiger partial charge in [0.05, 0.1) is 37.2 Å². The first-order valence-electron chi connectivity index (χ1n) is 3.65. The molecule has 0 radical (unpaired) electrons. The van der Waals surface area contributed by atoms with Crippen molar-refractivity contribution < 1.29 is 14.6 Å². The van der Waals surface area contributed by atoms with Gasteiger partial charge in [-0.15, -0.1) is 23.2 Å². The third-order valence-corrected chi connectivity index (χ3v) is 2.09. The van der Waals surface area contributed by atoms with Crippen molar-refractivity contribution in [2.24, 2.45) is 0 Å². The molecule has 0 aliphatic heterocycles. The molecular weight excluding hydrogens is 203 g/mol. The molecule has 0 aliphatic rings. The molecule has 0 saturated carbocycles. The number of hydrogen-bond acceptors (Lipinski definition) is 3. The van der Waals surface area contributed by atoms with Gasteiger partial charge in [0, 0.05) is 7.11 Å². The van der Waals surface area contributed by atoms with Crippen molar-refractivity contribution in [3.63, 3.8) is 0 Å². The van der Waals surface area contributed by atoms with Crippen LogP contribution < -0.4 is 0 Å². The Kier molecular flexibility index (Phi) is 8.39. The maximum Gasteiger partial charge on any atom is 0.0941 e. The summed E-state index contributed by atoms with van der Waals surface area (Å²) in [6, 6.07) is 0. The van der Waals surface area contributed by atoms with E-state index in [1.54, 1.807) is 7.11 Å². The predicted molar refractivity (Wildman–Crippen MR) is 49.1 cm³/mol. The average molecular weight is 217 g/mol. The van der Waals surface area contributed by atoms with E-state index in [1.807, 2.05) is 0 Å². The summed E-state index contributed by atoms with van der Waals surface area (Å²) in [6.45, 7) is 0.278. The largest absolute Gasteiger partial charge is 0.394 e. The van der Waals surface area contributed by atoms with E-state index < -0.39 is 0 Å². The Balaban J connectivity index is 3.49. The van der Waals surface area contributed by atoms with Crippen molar-refractivity contribution in [1.82, 2.24) is 0 Å². The number of methoxy groups -OCH3 is 1. The molecule has 0 aromatic heterocycles. The molecule has 0 aromatic carbocycles. The molecule has 0 bridgehead atoms. The molecular formula is C7H14Cl2O3. The highest BCUT2D eigenvalue weighted by Crippen LogP contribution is 2.00. The summed E-state index contributed by atoms with van der Waals surface area (Å²) in [7, 11) is 1.56. The SMILES string of the molecule is COC(CCl)COC(CO)CCl. The van der Waals surface area contributed by atoms with E-state index in [0.29, 0.717) is 12.5 Å². The van der Waals surface area contributed by atoms with Crippen LogP contribution in [0.15, 0.2) is 0 Å². The minimum Gasteiger partial charge on any atom is -0.394 e. The van der Waals surface area contributed by atoms with Gasteiger partial charge in [0.2, 0.25) is 0 Å². The zero-order chi connectivity index (χ0) is 9.40. The van der Waals surface area contributed by atoms with Crippen molar-refractivity contribution in [3.05, 3.63) is 0 Å². The molecule has 74 valence electrons. The quantitative estimate of drug-likeness (QED) is 0.642. The highest BCUT2D eigenvalue weighted by atomic mass is 35.5. The Labute approximate surface area is 82.6 Å². The van der Waals surface area contributed by atoms with Gasteiger partial charge in [-0.1, -0.05) is 0 Å². The molecule has 0 aromatic rings. The molecule has 2 unspecified atom stereocenters. The predicted octanol–water partition coefficient (Wildman–Crippen LogP) is 0.857. The molecule has 12 heavy (non-hydrogen) atoms. The number of aliphatic hydroxyl groups is 1. The van der Waals surface area contributed by atoms with E-state index in [2.05, 4.69) is 0 Å². The Hall–Kier alpha value is 0.460. The van der Waals surface area contributed by atoms with Gasteiger partial charge in [-0.2, -0.15) is 0 Å². The maximum atomic E-state index is 8.70. The minimum absolute atomic E-state index is 0.0811.